The molecule has 0 aliphatic heterocycles. The van der Waals surface area contributed by atoms with E-state index in [1.54, 1.807) is 19.2 Å². The lowest BCUT2D eigenvalue weighted by Crippen LogP contribution is -2.06. The fourth-order valence-corrected chi connectivity index (χ4v) is 1.51. The normalized spacial score (nSPS) is 9.94. The number of hydrogen-bond donors (Lipinski definition) is 2. The number of rotatable bonds is 4. The minimum Gasteiger partial charge on any atom is -0.733 e. The summed E-state index contributed by atoms with van der Waals surface area (Å²) >= 11 is 0. The summed E-state index contributed by atoms with van der Waals surface area (Å²) in [6, 6.07) is 13.9. The molecule has 0 amide bonds. The van der Waals surface area contributed by atoms with Crippen LogP contribution in [0.2, 0.25) is 0 Å². The van der Waals surface area contributed by atoms with E-state index in [1.165, 1.54) is 12.1 Å². The molecule has 0 aliphatic carbocycles. The zero-order valence-electron chi connectivity index (χ0n) is 9.83. The fraction of sp³-hybridized carbons (Fsp3) is 0.0769. The first-order valence-electron chi connectivity index (χ1n) is 5.36. The Labute approximate surface area is 105 Å². The first-order chi connectivity index (χ1) is 8.69. The molecule has 0 heterocycles. The van der Waals surface area contributed by atoms with Gasteiger partial charge in [-0.15, -0.1) is 0 Å². The highest BCUT2D eigenvalue weighted by atomic mass is 16.8. The summed E-state index contributed by atoms with van der Waals surface area (Å²) in [5.41, 5.74) is 1.92. The van der Waals surface area contributed by atoms with Crippen LogP contribution < -0.4 is 15.3 Å². The van der Waals surface area contributed by atoms with Crippen LogP contribution in [0.15, 0.2) is 48.5 Å². The molecule has 0 fully saturated rings. The smallest absolute Gasteiger partial charge is 0.119 e. The number of nitrogens with zero attached hydrogens (tertiary/aromatic N) is 1. The van der Waals surface area contributed by atoms with Gasteiger partial charge in [0.15, 0.2) is 0 Å². The molecule has 5 nitrogen and oxygen atoms in total. The van der Waals surface area contributed by atoms with Crippen molar-refractivity contribution < 1.29 is 9.94 Å². The first kappa shape index (κ1) is 12.2. The number of hydrogen-bond acceptors (Lipinski definition) is 5. The van der Waals surface area contributed by atoms with Crippen LogP contribution in [0.25, 0.3) is 0 Å². The van der Waals surface area contributed by atoms with Gasteiger partial charge >= 0.3 is 0 Å². The SMILES string of the molecule is COc1ccc(Nc2ccc(N([O-])O)cc2)cc1. The van der Waals surface area contributed by atoms with Gasteiger partial charge in [0.25, 0.3) is 0 Å². The maximum atomic E-state index is 10.6. The van der Waals surface area contributed by atoms with Crippen molar-refractivity contribution in [1.82, 2.24) is 0 Å². The first-order valence-corrected chi connectivity index (χ1v) is 5.36. The second-order valence-corrected chi connectivity index (χ2v) is 3.67. The van der Waals surface area contributed by atoms with Crippen LogP contribution >= 0.6 is 0 Å². The summed E-state index contributed by atoms with van der Waals surface area (Å²) < 4.78 is 5.07. The van der Waals surface area contributed by atoms with Crippen LogP contribution in [0.4, 0.5) is 17.1 Å². The van der Waals surface area contributed by atoms with E-state index in [1.807, 2.05) is 24.3 Å². The summed E-state index contributed by atoms with van der Waals surface area (Å²) in [6.07, 6.45) is 0. The molecule has 0 spiro atoms. The van der Waals surface area contributed by atoms with Gasteiger partial charge in [-0.05, 0) is 48.5 Å². The third-order valence-corrected chi connectivity index (χ3v) is 2.47. The Hall–Kier alpha value is -2.24. The van der Waals surface area contributed by atoms with Crippen molar-refractivity contribution in [2.75, 3.05) is 17.7 Å². The number of nitrogens with one attached hydrogen (secondary N) is 1. The number of anilines is 3. The molecule has 0 radical (unpaired) electrons. The molecule has 0 aromatic heterocycles. The van der Waals surface area contributed by atoms with Gasteiger partial charge in [-0.25, -0.2) is 0 Å². The lowest BCUT2D eigenvalue weighted by Gasteiger charge is -2.21. The van der Waals surface area contributed by atoms with Gasteiger partial charge in [0.1, 0.15) is 5.75 Å². The zero-order valence-corrected chi connectivity index (χ0v) is 9.83. The quantitative estimate of drug-likeness (QED) is 0.810. The lowest BCUT2D eigenvalue weighted by molar-refractivity contribution is 0.296. The van der Waals surface area contributed by atoms with Gasteiger partial charge in [0, 0.05) is 11.4 Å². The minimum atomic E-state index is -0.169. The summed E-state index contributed by atoms with van der Waals surface area (Å²) in [6.45, 7) is 0. The highest BCUT2D eigenvalue weighted by Gasteiger charge is 1.97. The predicted molar refractivity (Wildman–Crippen MR) is 70.4 cm³/mol. The van der Waals surface area contributed by atoms with Crippen LogP contribution in [-0.4, -0.2) is 12.3 Å². The lowest BCUT2D eigenvalue weighted by atomic mass is 10.2. The molecule has 0 saturated heterocycles. The van der Waals surface area contributed by atoms with Crippen molar-refractivity contribution in [3.8, 4) is 5.75 Å². The van der Waals surface area contributed by atoms with Crippen LogP contribution in [0, 0.1) is 5.21 Å². The molecule has 0 saturated carbocycles. The average Bonchev–Trinajstić information content (AvgIpc) is 2.40. The molecular weight excluding hydrogens is 232 g/mol. The molecule has 0 atom stereocenters. The van der Waals surface area contributed by atoms with Crippen LogP contribution in [0.3, 0.4) is 0 Å². The Balaban J connectivity index is 2.08. The van der Waals surface area contributed by atoms with E-state index >= 15 is 0 Å². The second kappa shape index (κ2) is 5.39. The average molecular weight is 245 g/mol. The number of ether oxygens (including phenoxy) is 1. The topological polar surface area (TPSA) is 67.8 Å². The van der Waals surface area contributed by atoms with Gasteiger partial charge in [0.05, 0.1) is 12.8 Å². The van der Waals surface area contributed by atoms with Crippen LogP contribution in [0.5, 0.6) is 5.75 Å². The molecule has 94 valence electrons. The Bertz CT molecular complexity index is 495. The molecule has 2 aromatic carbocycles. The summed E-state index contributed by atoms with van der Waals surface area (Å²) in [5, 5.41) is 22.3. The third kappa shape index (κ3) is 2.91. The number of methoxy groups -OCH3 is 1. The van der Waals surface area contributed by atoms with E-state index in [4.69, 9.17) is 9.94 Å². The molecule has 2 aromatic rings. The summed E-state index contributed by atoms with van der Waals surface area (Å²) in [7, 11) is 1.62. The Morgan fingerprint density at radius 3 is 1.94 bits per heavy atom. The van der Waals surface area contributed by atoms with Gasteiger partial charge in [-0.3, -0.25) is 5.21 Å². The van der Waals surface area contributed by atoms with Gasteiger partial charge in [0.2, 0.25) is 0 Å². The maximum Gasteiger partial charge on any atom is 0.119 e. The van der Waals surface area contributed by atoms with Crippen molar-refractivity contribution in [2.45, 2.75) is 0 Å². The van der Waals surface area contributed by atoms with Gasteiger partial charge in [-0.2, -0.15) is 0 Å². The van der Waals surface area contributed by atoms with E-state index < -0.39 is 0 Å². The second-order valence-electron chi connectivity index (χ2n) is 3.67. The predicted octanol–water partition coefficient (Wildman–Crippen LogP) is 3.13. The molecule has 2 rings (SSSR count). The van der Waals surface area contributed by atoms with Crippen LogP contribution in [0.1, 0.15) is 0 Å². The zero-order chi connectivity index (χ0) is 13.0. The Kier molecular flexibility index (Phi) is 3.66. The Morgan fingerprint density at radius 1 is 1.00 bits per heavy atom. The molecule has 0 bridgehead atoms. The molecule has 0 aliphatic rings. The Morgan fingerprint density at radius 2 is 1.50 bits per heavy atom. The van der Waals surface area contributed by atoms with E-state index in [-0.39, 0.29) is 10.9 Å². The standard InChI is InChI=1S/C13H13N2O3/c1-18-13-8-4-11(5-9-13)14-10-2-6-12(7-3-10)15(16)17/h2-9,14,16H,1H3/q-1. The van der Waals surface area contributed by atoms with Crippen molar-refractivity contribution in [3.63, 3.8) is 0 Å². The van der Waals surface area contributed by atoms with E-state index in [0.29, 0.717) is 0 Å². The van der Waals surface area contributed by atoms with Crippen LogP contribution in [-0.2, 0) is 0 Å². The summed E-state index contributed by atoms with van der Waals surface area (Å²) in [5.74, 6) is 0.790. The van der Waals surface area contributed by atoms with Crippen molar-refractivity contribution in [1.29, 1.82) is 0 Å². The molecule has 0 unspecified atom stereocenters. The monoisotopic (exact) mass is 245 g/mol. The fourth-order valence-electron chi connectivity index (χ4n) is 1.51. The molecule has 2 N–H and O–H groups in total. The van der Waals surface area contributed by atoms with Crippen molar-refractivity contribution >= 4 is 17.1 Å². The van der Waals surface area contributed by atoms with Crippen molar-refractivity contribution in [3.05, 3.63) is 53.7 Å². The minimum absolute atomic E-state index is 0.169. The van der Waals surface area contributed by atoms with Gasteiger partial charge < -0.3 is 20.5 Å². The van der Waals surface area contributed by atoms with E-state index in [2.05, 4.69) is 5.32 Å². The highest BCUT2D eigenvalue weighted by molar-refractivity contribution is 5.63. The van der Waals surface area contributed by atoms with Crippen molar-refractivity contribution in [2.24, 2.45) is 0 Å². The molecule has 5 heteroatoms. The molecule has 18 heavy (non-hydrogen) atoms. The number of benzene rings is 2. The third-order valence-electron chi connectivity index (χ3n) is 2.47. The largest absolute Gasteiger partial charge is 0.733 e. The van der Waals surface area contributed by atoms with E-state index in [0.717, 1.165) is 17.1 Å². The highest BCUT2D eigenvalue weighted by Crippen LogP contribution is 2.21. The maximum absolute atomic E-state index is 10.6. The summed E-state index contributed by atoms with van der Waals surface area (Å²) in [4.78, 5) is 0. The van der Waals surface area contributed by atoms with E-state index in [9.17, 15) is 5.21 Å². The van der Waals surface area contributed by atoms with Gasteiger partial charge in [-0.1, -0.05) is 0 Å². The molecular formula is C13H13N2O3-.